The molecular formula is C32H45N7O3S. The summed E-state index contributed by atoms with van der Waals surface area (Å²) in [6, 6.07) is 14.9. The average molecular weight is 608 g/mol. The van der Waals surface area contributed by atoms with Crippen LogP contribution < -0.4 is 21.7 Å². The van der Waals surface area contributed by atoms with Crippen LogP contribution in [0.25, 0.3) is 0 Å². The number of amides is 3. The Balaban J connectivity index is 1.09. The molecule has 3 aliphatic rings. The lowest BCUT2D eigenvalue weighted by molar-refractivity contribution is -0.131. The van der Waals surface area contributed by atoms with Gasteiger partial charge in [-0.3, -0.25) is 14.4 Å². The highest BCUT2D eigenvalue weighted by molar-refractivity contribution is 8.01. The van der Waals surface area contributed by atoms with E-state index in [4.69, 9.17) is 5.73 Å². The molecule has 0 radical (unpaired) electrons. The SMILES string of the molecule is CCN1C(=O)[C@@H](CNc2ccc(NC(=O)CCN3CCN(C)CC3)cc2)SC1[C@H](N)C(=O)NC1CCCc2ccccc21. The van der Waals surface area contributed by atoms with Gasteiger partial charge in [0.1, 0.15) is 16.7 Å². The van der Waals surface area contributed by atoms with Gasteiger partial charge in [0.15, 0.2) is 0 Å². The molecule has 11 heteroatoms. The van der Waals surface area contributed by atoms with Gasteiger partial charge in [0.25, 0.3) is 0 Å². The van der Waals surface area contributed by atoms with Crippen LogP contribution in [0.3, 0.4) is 0 Å². The summed E-state index contributed by atoms with van der Waals surface area (Å²) in [5.74, 6) is -0.230. The summed E-state index contributed by atoms with van der Waals surface area (Å²) in [5.41, 5.74) is 10.5. The number of thioether (sulfide) groups is 1. The third kappa shape index (κ3) is 7.89. The summed E-state index contributed by atoms with van der Waals surface area (Å²) < 4.78 is 0. The van der Waals surface area contributed by atoms with Crippen LogP contribution in [0.1, 0.15) is 43.4 Å². The Kier molecular flexibility index (Phi) is 10.6. The first-order chi connectivity index (χ1) is 20.8. The summed E-state index contributed by atoms with van der Waals surface area (Å²) in [6.07, 6.45) is 3.39. The molecule has 2 aliphatic heterocycles. The summed E-state index contributed by atoms with van der Waals surface area (Å²) in [4.78, 5) is 45.3. The highest BCUT2D eigenvalue weighted by Crippen LogP contribution is 2.34. The quantitative estimate of drug-likeness (QED) is 0.307. The molecule has 0 bridgehead atoms. The molecule has 43 heavy (non-hydrogen) atoms. The van der Waals surface area contributed by atoms with E-state index in [0.717, 1.165) is 68.9 Å². The summed E-state index contributed by atoms with van der Waals surface area (Å²) in [5, 5.41) is 8.71. The molecule has 10 nitrogen and oxygen atoms in total. The van der Waals surface area contributed by atoms with Crippen LogP contribution in [0.5, 0.6) is 0 Å². The molecule has 2 aromatic rings. The lowest BCUT2D eigenvalue weighted by Crippen LogP contribution is -2.53. The molecule has 0 spiro atoms. The van der Waals surface area contributed by atoms with Gasteiger partial charge in [0, 0.05) is 63.6 Å². The van der Waals surface area contributed by atoms with Crippen molar-refractivity contribution in [3.8, 4) is 0 Å². The van der Waals surface area contributed by atoms with E-state index in [1.807, 2.05) is 43.3 Å². The minimum absolute atomic E-state index is 0.00589. The van der Waals surface area contributed by atoms with Crippen molar-refractivity contribution in [1.29, 1.82) is 0 Å². The predicted molar refractivity (Wildman–Crippen MR) is 173 cm³/mol. The Bertz CT molecular complexity index is 1270. The van der Waals surface area contributed by atoms with Crippen molar-refractivity contribution in [3.63, 3.8) is 0 Å². The van der Waals surface area contributed by atoms with E-state index in [2.05, 4.69) is 44.9 Å². The van der Waals surface area contributed by atoms with Gasteiger partial charge in [0.05, 0.1) is 6.04 Å². The Labute approximate surface area is 259 Å². The smallest absolute Gasteiger partial charge is 0.240 e. The molecule has 232 valence electrons. The number of nitrogens with one attached hydrogen (secondary N) is 3. The number of nitrogens with zero attached hydrogens (tertiary/aromatic N) is 3. The second-order valence-electron chi connectivity index (χ2n) is 11.7. The van der Waals surface area contributed by atoms with Crippen LogP contribution in [0.4, 0.5) is 11.4 Å². The number of carbonyl (C=O) groups is 3. The van der Waals surface area contributed by atoms with E-state index < -0.39 is 11.4 Å². The zero-order valence-electron chi connectivity index (χ0n) is 25.3. The molecular weight excluding hydrogens is 562 g/mol. The Morgan fingerprint density at radius 3 is 2.51 bits per heavy atom. The third-order valence-electron chi connectivity index (χ3n) is 8.72. The zero-order chi connectivity index (χ0) is 30.3. The number of fused-ring (bicyclic) bond motifs is 1. The van der Waals surface area contributed by atoms with E-state index in [1.165, 1.54) is 17.3 Å². The first-order valence-electron chi connectivity index (χ1n) is 15.5. The van der Waals surface area contributed by atoms with Crippen molar-refractivity contribution < 1.29 is 14.4 Å². The van der Waals surface area contributed by atoms with Crippen molar-refractivity contribution >= 4 is 40.9 Å². The fraction of sp³-hybridized carbons (Fsp3) is 0.531. The van der Waals surface area contributed by atoms with Crippen LogP contribution in [-0.2, 0) is 20.8 Å². The first kappa shape index (κ1) is 31.3. The van der Waals surface area contributed by atoms with Crippen LogP contribution >= 0.6 is 11.8 Å². The second-order valence-corrected chi connectivity index (χ2v) is 13.0. The summed E-state index contributed by atoms with van der Waals surface area (Å²) >= 11 is 1.45. The molecule has 3 amide bonds. The Hall–Kier alpha value is -3.12. The maximum atomic E-state index is 13.3. The standard InChI is InChI=1S/C32H45N7O3S/c1-3-39-31(42)27(43-32(39)29(33)30(41)36-26-10-6-8-22-7-4-5-9-25(22)26)21-34-23-11-13-24(14-12-23)35-28(40)15-16-38-19-17-37(2)18-20-38/h4-5,7,9,11-14,26-27,29,32,34H,3,6,8,10,15-21,33H2,1-2H3,(H,35,40)(H,36,41)/t26?,27-,29-,32?/m1/s1. The summed E-state index contributed by atoms with van der Waals surface area (Å²) in [6.45, 7) is 7.66. The number of hydrogen-bond donors (Lipinski definition) is 4. The predicted octanol–water partition coefficient (Wildman–Crippen LogP) is 2.49. The molecule has 2 unspecified atom stereocenters. The molecule has 2 saturated heterocycles. The lowest BCUT2D eigenvalue weighted by atomic mass is 9.87. The molecule has 5 rings (SSSR count). The number of carbonyl (C=O) groups excluding carboxylic acids is 3. The topological polar surface area (TPSA) is 123 Å². The molecule has 4 atom stereocenters. The van der Waals surface area contributed by atoms with Gasteiger partial charge >= 0.3 is 0 Å². The van der Waals surface area contributed by atoms with E-state index >= 15 is 0 Å². The first-order valence-corrected chi connectivity index (χ1v) is 16.4. The van der Waals surface area contributed by atoms with Gasteiger partial charge in [-0.05, 0) is 68.6 Å². The van der Waals surface area contributed by atoms with Gasteiger partial charge in [-0.15, -0.1) is 11.8 Å². The minimum atomic E-state index is -0.827. The lowest BCUT2D eigenvalue weighted by Gasteiger charge is -2.32. The number of nitrogens with two attached hydrogens (primary N) is 1. The fourth-order valence-electron chi connectivity index (χ4n) is 6.10. The molecule has 5 N–H and O–H groups in total. The van der Waals surface area contributed by atoms with Crippen molar-refractivity contribution in [1.82, 2.24) is 20.0 Å². The monoisotopic (exact) mass is 607 g/mol. The average Bonchev–Trinajstić information content (AvgIpc) is 3.35. The van der Waals surface area contributed by atoms with Gasteiger partial charge in [0.2, 0.25) is 17.7 Å². The van der Waals surface area contributed by atoms with Crippen LogP contribution in [0, 0.1) is 0 Å². The maximum Gasteiger partial charge on any atom is 0.240 e. The van der Waals surface area contributed by atoms with E-state index in [-0.39, 0.29) is 29.0 Å². The van der Waals surface area contributed by atoms with E-state index in [0.29, 0.717) is 19.5 Å². The molecule has 2 aromatic carbocycles. The zero-order valence-corrected chi connectivity index (χ0v) is 26.1. The summed E-state index contributed by atoms with van der Waals surface area (Å²) in [7, 11) is 2.12. The van der Waals surface area contributed by atoms with Crippen molar-refractivity contribution in [3.05, 3.63) is 59.7 Å². The fourth-order valence-corrected chi connectivity index (χ4v) is 7.56. The third-order valence-corrected chi connectivity index (χ3v) is 10.2. The van der Waals surface area contributed by atoms with Gasteiger partial charge in [-0.1, -0.05) is 24.3 Å². The van der Waals surface area contributed by atoms with Crippen LogP contribution in [0.15, 0.2) is 48.5 Å². The highest BCUT2D eigenvalue weighted by atomic mass is 32.2. The Morgan fingerprint density at radius 1 is 1.05 bits per heavy atom. The number of hydrogen-bond acceptors (Lipinski definition) is 8. The highest BCUT2D eigenvalue weighted by Gasteiger charge is 2.44. The van der Waals surface area contributed by atoms with Gasteiger partial charge < -0.3 is 36.4 Å². The van der Waals surface area contributed by atoms with Crippen LogP contribution in [0.2, 0.25) is 0 Å². The molecule has 2 fully saturated rings. The van der Waals surface area contributed by atoms with Crippen molar-refractivity contribution in [2.75, 3.05) is 63.5 Å². The van der Waals surface area contributed by atoms with Crippen molar-refractivity contribution in [2.45, 2.75) is 55.3 Å². The van der Waals surface area contributed by atoms with E-state index in [1.54, 1.807) is 4.90 Å². The number of rotatable bonds is 11. The number of aryl methyl sites for hydroxylation is 1. The molecule has 1 aliphatic carbocycles. The van der Waals surface area contributed by atoms with Gasteiger partial charge in [-0.2, -0.15) is 0 Å². The molecule has 0 saturated carbocycles. The van der Waals surface area contributed by atoms with Gasteiger partial charge in [-0.25, -0.2) is 0 Å². The number of likely N-dealkylation sites (N-methyl/N-ethyl adjacent to an activating group) is 2. The minimum Gasteiger partial charge on any atom is -0.383 e. The number of anilines is 2. The normalized spacial score (nSPS) is 23.5. The van der Waals surface area contributed by atoms with Crippen LogP contribution in [-0.4, -0.2) is 102 Å². The van der Waals surface area contributed by atoms with Crippen molar-refractivity contribution in [2.24, 2.45) is 5.73 Å². The number of piperazine rings is 1. The number of benzene rings is 2. The Morgan fingerprint density at radius 2 is 1.77 bits per heavy atom. The molecule has 0 aromatic heterocycles. The maximum absolute atomic E-state index is 13.3. The van der Waals surface area contributed by atoms with E-state index in [9.17, 15) is 14.4 Å². The molecule has 2 heterocycles. The second kappa shape index (κ2) is 14.6. The largest absolute Gasteiger partial charge is 0.383 e.